The van der Waals surface area contributed by atoms with Crippen LogP contribution in [0.15, 0.2) is 11.6 Å². The van der Waals surface area contributed by atoms with Gasteiger partial charge in [-0.2, -0.15) is 0 Å². The molecule has 1 aliphatic carbocycles. The number of nitrogens with one attached hydrogen (secondary N) is 1. The van der Waals surface area contributed by atoms with E-state index < -0.39 is 5.60 Å². The van der Waals surface area contributed by atoms with Crippen LogP contribution in [-0.4, -0.2) is 23.3 Å². The fraction of sp³-hybridized carbons (Fsp3) is 0.857. The second-order valence-electron chi connectivity index (χ2n) is 5.49. The molecule has 0 saturated carbocycles. The summed E-state index contributed by atoms with van der Waals surface area (Å²) >= 11 is 0. The largest absolute Gasteiger partial charge is 0.384 e. The highest BCUT2D eigenvalue weighted by molar-refractivity contribution is 5.16. The number of rotatable bonds is 4. The van der Waals surface area contributed by atoms with E-state index in [2.05, 4.69) is 25.2 Å². The molecule has 0 bridgehead atoms. The van der Waals surface area contributed by atoms with E-state index in [0.717, 1.165) is 12.8 Å². The van der Waals surface area contributed by atoms with Crippen molar-refractivity contribution >= 4 is 0 Å². The van der Waals surface area contributed by atoms with Crippen LogP contribution in [-0.2, 0) is 0 Å². The zero-order valence-corrected chi connectivity index (χ0v) is 11.1. The third kappa shape index (κ3) is 4.67. The molecule has 2 heteroatoms. The van der Waals surface area contributed by atoms with Gasteiger partial charge < -0.3 is 10.4 Å². The van der Waals surface area contributed by atoms with Crippen LogP contribution < -0.4 is 5.32 Å². The lowest BCUT2D eigenvalue weighted by Gasteiger charge is -2.29. The van der Waals surface area contributed by atoms with Crippen LogP contribution in [0.1, 0.15) is 59.3 Å². The molecule has 0 aliphatic heterocycles. The molecule has 1 atom stereocenters. The Balaban J connectivity index is 2.56. The first-order valence-corrected chi connectivity index (χ1v) is 6.67. The smallest absolute Gasteiger partial charge is 0.0952 e. The van der Waals surface area contributed by atoms with Crippen molar-refractivity contribution in [1.82, 2.24) is 5.32 Å². The fourth-order valence-electron chi connectivity index (χ4n) is 2.20. The standard InChI is InChI=1S/C14H27NO/c1-12(2)15-11-14(3,16)13-9-7-5-4-6-8-10-13/h9,12,15-16H,4-8,10-11H2,1-3H3. The fourth-order valence-corrected chi connectivity index (χ4v) is 2.20. The second-order valence-corrected chi connectivity index (χ2v) is 5.49. The average Bonchev–Trinajstić information content (AvgIpc) is 2.13. The van der Waals surface area contributed by atoms with Crippen LogP contribution in [0, 0.1) is 0 Å². The summed E-state index contributed by atoms with van der Waals surface area (Å²) in [6, 6.07) is 0.431. The Labute approximate surface area is 100 Å². The first kappa shape index (κ1) is 13.7. The van der Waals surface area contributed by atoms with Crippen LogP contribution in [0.2, 0.25) is 0 Å². The molecule has 1 aliphatic rings. The van der Waals surface area contributed by atoms with Crippen LogP contribution >= 0.6 is 0 Å². The van der Waals surface area contributed by atoms with E-state index in [1.54, 1.807) is 0 Å². The molecule has 1 unspecified atom stereocenters. The minimum absolute atomic E-state index is 0.431. The Morgan fingerprint density at radius 2 is 2.00 bits per heavy atom. The van der Waals surface area contributed by atoms with Gasteiger partial charge in [-0.05, 0) is 38.2 Å². The van der Waals surface area contributed by atoms with E-state index in [9.17, 15) is 5.11 Å². The van der Waals surface area contributed by atoms with Gasteiger partial charge in [-0.15, -0.1) is 0 Å². The van der Waals surface area contributed by atoms with Gasteiger partial charge in [0.2, 0.25) is 0 Å². The second kappa shape index (κ2) is 6.41. The third-order valence-electron chi connectivity index (χ3n) is 3.34. The lowest BCUT2D eigenvalue weighted by Crippen LogP contribution is -2.42. The van der Waals surface area contributed by atoms with Crippen LogP contribution in [0.4, 0.5) is 0 Å². The zero-order chi connectivity index (χ0) is 12.0. The molecule has 0 spiro atoms. The molecule has 2 nitrogen and oxygen atoms in total. The SMILES string of the molecule is CC(C)NCC(C)(O)C1=CCCCCCC1. The van der Waals surface area contributed by atoms with E-state index in [4.69, 9.17) is 0 Å². The molecule has 0 aromatic rings. The Bertz CT molecular complexity index is 231. The molecule has 0 saturated heterocycles. The summed E-state index contributed by atoms with van der Waals surface area (Å²) in [6.45, 7) is 6.83. The maximum atomic E-state index is 10.5. The Hall–Kier alpha value is -0.340. The highest BCUT2D eigenvalue weighted by atomic mass is 16.3. The van der Waals surface area contributed by atoms with Gasteiger partial charge >= 0.3 is 0 Å². The van der Waals surface area contributed by atoms with Gasteiger partial charge in [0.25, 0.3) is 0 Å². The summed E-state index contributed by atoms with van der Waals surface area (Å²) in [5, 5.41) is 13.8. The van der Waals surface area contributed by atoms with Gasteiger partial charge in [0.1, 0.15) is 0 Å². The van der Waals surface area contributed by atoms with Crippen molar-refractivity contribution in [3.63, 3.8) is 0 Å². The van der Waals surface area contributed by atoms with E-state index in [0.29, 0.717) is 12.6 Å². The van der Waals surface area contributed by atoms with Crippen molar-refractivity contribution < 1.29 is 5.11 Å². The van der Waals surface area contributed by atoms with E-state index in [-0.39, 0.29) is 0 Å². The number of aliphatic hydroxyl groups is 1. The molecule has 0 heterocycles. The predicted octanol–water partition coefficient (Wildman–Crippen LogP) is 3.02. The number of hydrogen-bond donors (Lipinski definition) is 2. The Morgan fingerprint density at radius 1 is 1.31 bits per heavy atom. The van der Waals surface area contributed by atoms with Gasteiger partial charge in [0.15, 0.2) is 0 Å². The first-order chi connectivity index (χ1) is 7.52. The normalized spacial score (nSPS) is 22.2. The maximum absolute atomic E-state index is 10.5. The lowest BCUT2D eigenvalue weighted by molar-refractivity contribution is 0.0903. The highest BCUT2D eigenvalue weighted by Crippen LogP contribution is 2.25. The topological polar surface area (TPSA) is 32.3 Å². The van der Waals surface area contributed by atoms with Crippen molar-refractivity contribution in [2.24, 2.45) is 0 Å². The summed E-state index contributed by atoms with van der Waals surface area (Å²) in [5.74, 6) is 0. The summed E-state index contributed by atoms with van der Waals surface area (Å²) in [5.41, 5.74) is 0.571. The molecule has 2 N–H and O–H groups in total. The van der Waals surface area contributed by atoms with E-state index in [1.807, 2.05) is 6.92 Å². The highest BCUT2D eigenvalue weighted by Gasteiger charge is 2.25. The number of allylic oxidation sites excluding steroid dienone is 1. The molecule has 1 rings (SSSR count). The van der Waals surface area contributed by atoms with Crippen LogP contribution in [0.3, 0.4) is 0 Å². The summed E-state index contributed by atoms with van der Waals surface area (Å²) in [7, 11) is 0. The summed E-state index contributed by atoms with van der Waals surface area (Å²) < 4.78 is 0. The van der Waals surface area contributed by atoms with E-state index >= 15 is 0 Å². The molecule has 0 amide bonds. The zero-order valence-electron chi connectivity index (χ0n) is 11.1. The molecular weight excluding hydrogens is 198 g/mol. The van der Waals surface area contributed by atoms with E-state index in [1.165, 1.54) is 31.3 Å². The minimum Gasteiger partial charge on any atom is -0.384 e. The molecule has 16 heavy (non-hydrogen) atoms. The van der Waals surface area contributed by atoms with Gasteiger partial charge in [-0.25, -0.2) is 0 Å². The lowest BCUT2D eigenvalue weighted by atomic mass is 9.88. The van der Waals surface area contributed by atoms with Gasteiger partial charge in [0.05, 0.1) is 5.60 Å². The molecule has 0 radical (unpaired) electrons. The van der Waals surface area contributed by atoms with Gasteiger partial charge in [0, 0.05) is 12.6 Å². The maximum Gasteiger partial charge on any atom is 0.0952 e. The predicted molar refractivity (Wildman–Crippen MR) is 69.5 cm³/mol. The molecule has 0 fully saturated rings. The average molecular weight is 225 g/mol. The molecule has 0 aromatic heterocycles. The third-order valence-corrected chi connectivity index (χ3v) is 3.34. The minimum atomic E-state index is -0.665. The Kier molecular flexibility index (Phi) is 5.50. The molecule has 94 valence electrons. The number of hydrogen-bond acceptors (Lipinski definition) is 2. The van der Waals surface area contributed by atoms with Crippen molar-refractivity contribution in [2.45, 2.75) is 70.9 Å². The monoisotopic (exact) mass is 225 g/mol. The van der Waals surface area contributed by atoms with Crippen LogP contribution in [0.25, 0.3) is 0 Å². The van der Waals surface area contributed by atoms with Gasteiger partial charge in [-0.3, -0.25) is 0 Å². The summed E-state index contributed by atoms with van der Waals surface area (Å²) in [6.07, 6.45) is 9.61. The van der Waals surface area contributed by atoms with Crippen molar-refractivity contribution in [3.8, 4) is 0 Å². The summed E-state index contributed by atoms with van der Waals surface area (Å²) in [4.78, 5) is 0. The van der Waals surface area contributed by atoms with Crippen LogP contribution in [0.5, 0.6) is 0 Å². The molecule has 0 aromatic carbocycles. The van der Waals surface area contributed by atoms with Crippen molar-refractivity contribution in [2.75, 3.05) is 6.54 Å². The quantitative estimate of drug-likeness (QED) is 0.721. The van der Waals surface area contributed by atoms with Gasteiger partial charge in [-0.1, -0.05) is 32.8 Å². The van der Waals surface area contributed by atoms with Crippen molar-refractivity contribution in [1.29, 1.82) is 0 Å². The molecular formula is C14H27NO. The Morgan fingerprint density at radius 3 is 2.69 bits per heavy atom. The van der Waals surface area contributed by atoms with Crippen molar-refractivity contribution in [3.05, 3.63) is 11.6 Å². The first-order valence-electron chi connectivity index (χ1n) is 6.67.